The summed E-state index contributed by atoms with van der Waals surface area (Å²) in [6, 6.07) is 19.4. The summed E-state index contributed by atoms with van der Waals surface area (Å²) < 4.78 is 0. The van der Waals surface area contributed by atoms with E-state index in [1.54, 1.807) is 48.5 Å². The number of ketones is 2. The molecule has 0 atom stereocenters. The highest BCUT2D eigenvalue weighted by Crippen LogP contribution is 2.43. The standard InChI is InChI=1S/C26H20N4O4/c27-13-1-5-15(6-2-13)29-17-9-11-19(31)23-21(17)25(33)24-20(32)12-10-18(22(24)26(23)34)30-16-7-3-14(28)4-8-16/h1-12,29-32H,27-28H2. The molecule has 34 heavy (non-hydrogen) atoms. The number of benzene rings is 4. The molecule has 0 radical (unpaired) electrons. The average molecular weight is 452 g/mol. The number of fused-ring (bicyclic) bond motifs is 2. The first-order valence-corrected chi connectivity index (χ1v) is 10.4. The van der Waals surface area contributed by atoms with E-state index in [4.69, 9.17) is 11.5 Å². The maximum absolute atomic E-state index is 13.6. The van der Waals surface area contributed by atoms with Crippen LogP contribution in [0.4, 0.5) is 34.1 Å². The molecular formula is C26H20N4O4. The minimum atomic E-state index is -0.586. The van der Waals surface area contributed by atoms with Crippen LogP contribution >= 0.6 is 0 Å². The third kappa shape index (κ3) is 3.43. The van der Waals surface area contributed by atoms with Gasteiger partial charge in [-0.1, -0.05) is 0 Å². The van der Waals surface area contributed by atoms with Gasteiger partial charge in [0, 0.05) is 22.7 Å². The fourth-order valence-corrected chi connectivity index (χ4v) is 4.02. The van der Waals surface area contributed by atoms with Crippen LogP contribution in [0.3, 0.4) is 0 Å². The van der Waals surface area contributed by atoms with Crippen molar-refractivity contribution in [3.05, 3.63) is 95.1 Å². The van der Waals surface area contributed by atoms with Gasteiger partial charge in [0.1, 0.15) is 11.5 Å². The van der Waals surface area contributed by atoms with E-state index in [2.05, 4.69) is 10.6 Å². The van der Waals surface area contributed by atoms with Crippen LogP contribution in [0.25, 0.3) is 0 Å². The van der Waals surface area contributed by atoms with Crippen molar-refractivity contribution in [2.45, 2.75) is 0 Å². The van der Waals surface area contributed by atoms with Gasteiger partial charge in [-0.05, 0) is 72.8 Å². The fourth-order valence-electron chi connectivity index (χ4n) is 4.02. The van der Waals surface area contributed by atoms with Crippen LogP contribution in [0.5, 0.6) is 11.5 Å². The zero-order valence-electron chi connectivity index (χ0n) is 17.8. The molecule has 4 aromatic rings. The Balaban J connectivity index is 1.64. The molecule has 0 unspecified atom stereocenters. The fraction of sp³-hybridized carbons (Fsp3) is 0. The highest BCUT2D eigenvalue weighted by atomic mass is 16.3. The molecule has 0 saturated heterocycles. The van der Waals surface area contributed by atoms with Crippen molar-refractivity contribution in [3.8, 4) is 11.5 Å². The highest BCUT2D eigenvalue weighted by molar-refractivity contribution is 6.33. The monoisotopic (exact) mass is 452 g/mol. The molecule has 0 aliphatic heterocycles. The predicted octanol–water partition coefficient (Wildman–Crippen LogP) is 4.52. The number of rotatable bonds is 4. The Morgan fingerprint density at radius 2 is 0.853 bits per heavy atom. The second-order valence-corrected chi connectivity index (χ2v) is 7.92. The lowest BCUT2D eigenvalue weighted by molar-refractivity contribution is 0.0975. The molecule has 0 fully saturated rings. The molecular weight excluding hydrogens is 432 g/mol. The Hall–Kier alpha value is -4.98. The van der Waals surface area contributed by atoms with Gasteiger partial charge >= 0.3 is 0 Å². The number of carbonyl (C=O) groups is 2. The van der Waals surface area contributed by atoms with E-state index in [1.165, 1.54) is 24.3 Å². The molecule has 0 heterocycles. The van der Waals surface area contributed by atoms with E-state index >= 15 is 0 Å². The van der Waals surface area contributed by atoms with Crippen molar-refractivity contribution in [1.29, 1.82) is 0 Å². The van der Waals surface area contributed by atoms with E-state index in [0.717, 1.165) is 0 Å². The zero-order valence-corrected chi connectivity index (χ0v) is 17.8. The van der Waals surface area contributed by atoms with E-state index in [0.29, 0.717) is 34.1 Å². The van der Waals surface area contributed by atoms with E-state index in [-0.39, 0.29) is 33.8 Å². The molecule has 0 saturated carbocycles. The lowest BCUT2D eigenvalue weighted by Crippen LogP contribution is -2.23. The SMILES string of the molecule is Nc1ccc(Nc2ccc(O)c3c2C(=O)c2c(O)ccc(Nc4ccc(N)cc4)c2C3=O)cc1. The smallest absolute Gasteiger partial charge is 0.200 e. The van der Waals surface area contributed by atoms with Gasteiger partial charge in [0.25, 0.3) is 0 Å². The molecule has 4 aromatic carbocycles. The van der Waals surface area contributed by atoms with Gasteiger partial charge in [-0.15, -0.1) is 0 Å². The Morgan fingerprint density at radius 1 is 0.500 bits per heavy atom. The van der Waals surface area contributed by atoms with Gasteiger partial charge in [0.05, 0.1) is 33.6 Å². The van der Waals surface area contributed by atoms with Crippen LogP contribution in [0, 0.1) is 0 Å². The van der Waals surface area contributed by atoms with E-state index < -0.39 is 11.6 Å². The van der Waals surface area contributed by atoms with E-state index in [9.17, 15) is 19.8 Å². The van der Waals surface area contributed by atoms with Gasteiger partial charge in [-0.25, -0.2) is 0 Å². The molecule has 8 N–H and O–H groups in total. The Labute approximate surface area is 194 Å². The summed E-state index contributed by atoms with van der Waals surface area (Å²) in [4.78, 5) is 27.2. The van der Waals surface area contributed by atoms with Crippen LogP contribution in [0.1, 0.15) is 31.8 Å². The van der Waals surface area contributed by atoms with Crippen LogP contribution in [0.15, 0.2) is 72.8 Å². The van der Waals surface area contributed by atoms with Gasteiger partial charge in [-0.3, -0.25) is 9.59 Å². The summed E-state index contributed by atoms with van der Waals surface area (Å²) in [5.74, 6) is -1.83. The predicted molar refractivity (Wildman–Crippen MR) is 131 cm³/mol. The topological polar surface area (TPSA) is 151 Å². The summed E-state index contributed by atoms with van der Waals surface area (Å²) in [5.41, 5.74) is 14.2. The van der Waals surface area contributed by atoms with Crippen molar-refractivity contribution in [3.63, 3.8) is 0 Å². The minimum absolute atomic E-state index is 0.0192. The Bertz CT molecular complexity index is 1350. The molecule has 1 aliphatic carbocycles. The number of nitrogen functional groups attached to an aromatic ring is 2. The molecule has 0 aromatic heterocycles. The number of nitrogens with one attached hydrogen (secondary N) is 2. The summed E-state index contributed by atoms with van der Waals surface area (Å²) in [6.07, 6.45) is 0. The molecule has 0 amide bonds. The molecule has 0 bridgehead atoms. The minimum Gasteiger partial charge on any atom is -0.507 e. The summed E-state index contributed by atoms with van der Waals surface area (Å²) >= 11 is 0. The van der Waals surface area contributed by atoms with Crippen molar-refractivity contribution in [2.24, 2.45) is 0 Å². The molecule has 5 rings (SSSR count). The Kier molecular flexibility index (Phi) is 4.83. The number of carbonyl (C=O) groups excluding carboxylic acids is 2. The van der Waals surface area contributed by atoms with Crippen molar-refractivity contribution in [2.75, 3.05) is 22.1 Å². The number of aromatic hydroxyl groups is 2. The van der Waals surface area contributed by atoms with Gasteiger partial charge in [0.2, 0.25) is 11.6 Å². The number of nitrogens with two attached hydrogens (primary N) is 2. The lowest BCUT2D eigenvalue weighted by Gasteiger charge is -2.24. The Morgan fingerprint density at radius 3 is 1.21 bits per heavy atom. The van der Waals surface area contributed by atoms with Crippen LogP contribution in [-0.2, 0) is 0 Å². The molecule has 0 spiro atoms. The molecule has 8 heteroatoms. The summed E-state index contributed by atoms with van der Waals surface area (Å²) in [6.45, 7) is 0. The summed E-state index contributed by atoms with van der Waals surface area (Å²) in [5, 5.41) is 27.3. The quantitative estimate of drug-likeness (QED) is 0.172. The first-order valence-electron chi connectivity index (χ1n) is 10.4. The normalized spacial score (nSPS) is 12.1. The first-order chi connectivity index (χ1) is 16.3. The number of hydrogen-bond acceptors (Lipinski definition) is 8. The molecule has 168 valence electrons. The third-order valence-corrected chi connectivity index (χ3v) is 5.65. The lowest BCUT2D eigenvalue weighted by atomic mass is 9.81. The number of hydrogen-bond donors (Lipinski definition) is 6. The van der Waals surface area contributed by atoms with Gasteiger partial charge in [-0.2, -0.15) is 0 Å². The molecule has 1 aliphatic rings. The van der Waals surface area contributed by atoms with Crippen LogP contribution < -0.4 is 22.1 Å². The third-order valence-electron chi connectivity index (χ3n) is 5.65. The number of phenolic OH excluding ortho intramolecular Hbond substituents is 2. The second kappa shape index (κ2) is 7.86. The summed E-state index contributed by atoms with van der Waals surface area (Å²) in [7, 11) is 0. The molecule has 8 nitrogen and oxygen atoms in total. The van der Waals surface area contributed by atoms with Crippen molar-refractivity contribution >= 4 is 45.7 Å². The van der Waals surface area contributed by atoms with Gasteiger partial charge in [0.15, 0.2) is 0 Å². The average Bonchev–Trinajstić information content (AvgIpc) is 2.82. The van der Waals surface area contributed by atoms with Crippen LogP contribution in [-0.4, -0.2) is 21.8 Å². The second-order valence-electron chi connectivity index (χ2n) is 7.92. The van der Waals surface area contributed by atoms with Crippen molar-refractivity contribution < 1.29 is 19.8 Å². The zero-order chi connectivity index (χ0) is 24.0. The van der Waals surface area contributed by atoms with Crippen molar-refractivity contribution in [1.82, 2.24) is 0 Å². The number of anilines is 6. The maximum atomic E-state index is 13.6. The first kappa shape index (κ1) is 20.9. The van der Waals surface area contributed by atoms with Crippen LogP contribution in [0.2, 0.25) is 0 Å². The maximum Gasteiger partial charge on any atom is 0.200 e. The van der Waals surface area contributed by atoms with Gasteiger partial charge < -0.3 is 32.3 Å². The largest absolute Gasteiger partial charge is 0.507 e. The highest BCUT2D eigenvalue weighted by Gasteiger charge is 2.38. The number of phenols is 2. The van der Waals surface area contributed by atoms with E-state index in [1.807, 2.05) is 0 Å².